The summed E-state index contributed by atoms with van der Waals surface area (Å²) in [5, 5.41) is 12.8. The number of aromatic nitrogens is 1. The fraction of sp³-hybridized carbons (Fsp3) is 0.571. The summed E-state index contributed by atoms with van der Waals surface area (Å²) >= 11 is 0. The molecule has 0 atom stereocenters. The van der Waals surface area contributed by atoms with E-state index in [4.69, 9.17) is 0 Å². The number of esters is 1. The first-order valence-corrected chi connectivity index (χ1v) is 6.65. The first-order valence-electron chi connectivity index (χ1n) is 6.65. The van der Waals surface area contributed by atoms with E-state index in [-0.39, 0.29) is 6.10 Å². The van der Waals surface area contributed by atoms with E-state index in [0.717, 1.165) is 37.9 Å². The van der Waals surface area contributed by atoms with Crippen molar-refractivity contribution in [1.29, 1.82) is 0 Å². The summed E-state index contributed by atoms with van der Waals surface area (Å²) in [4.78, 5) is 15.3. The molecular formula is C14H20N2O3. The molecular weight excluding hydrogens is 244 g/mol. The number of pyridine rings is 1. The fourth-order valence-electron chi connectivity index (χ4n) is 2.37. The minimum absolute atomic E-state index is 0.122. The number of anilines is 1. The molecule has 0 spiro atoms. The lowest BCUT2D eigenvalue weighted by molar-refractivity contribution is 0.0594. The number of methoxy groups -OCH3 is 1. The molecule has 0 radical (unpaired) electrons. The molecule has 104 valence electrons. The van der Waals surface area contributed by atoms with Crippen LogP contribution in [-0.4, -0.2) is 35.8 Å². The number of nitrogens with zero attached hydrogens (tertiary/aromatic N) is 1. The highest BCUT2D eigenvalue weighted by Gasteiger charge is 2.19. The van der Waals surface area contributed by atoms with Gasteiger partial charge in [-0.05, 0) is 43.7 Å². The minimum atomic E-state index is -0.426. The summed E-state index contributed by atoms with van der Waals surface area (Å²) in [5.41, 5.74) is 1.19. The highest BCUT2D eigenvalue weighted by atomic mass is 16.5. The van der Waals surface area contributed by atoms with E-state index in [0.29, 0.717) is 11.6 Å². The Morgan fingerprint density at radius 3 is 2.89 bits per heavy atom. The molecule has 1 fully saturated rings. The Morgan fingerprint density at radius 2 is 2.21 bits per heavy atom. The highest BCUT2D eigenvalue weighted by Crippen LogP contribution is 2.24. The number of aliphatic hydroxyl groups is 1. The molecule has 0 aliphatic heterocycles. The van der Waals surface area contributed by atoms with Gasteiger partial charge in [0.25, 0.3) is 0 Å². The Labute approximate surface area is 113 Å². The second-order valence-electron chi connectivity index (χ2n) is 4.98. The topological polar surface area (TPSA) is 71.5 Å². The fourth-order valence-corrected chi connectivity index (χ4v) is 2.37. The molecule has 19 heavy (non-hydrogen) atoms. The van der Waals surface area contributed by atoms with Crippen LogP contribution in [0.4, 0.5) is 5.69 Å². The first kappa shape index (κ1) is 13.8. The Kier molecular flexibility index (Phi) is 4.74. The molecule has 2 N–H and O–H groups in total. The van der Waals surface area contributed by atoms with Gasteiger partial charge in [0.05, 0.1) is 13.2 Å². The summed E-state index contributed by atoms with van der Waals surface area (Å²) < 4.78 is 4.64. The maximum absolute atomic E-state index is 11.4. The molecule has 2 rings (SSSR count). The SMILES string of the molecule is COC(=O)c1cc(NCC2CCC(O)CC2)ccn1. The lowest BCUT2D eigenvalue weighted by Crippen LogP contribution is -2.23. The molecule has 1 aromatic rings. The standard InChI is InChI=1S/C14H20N2O3/c1-19-14(18)13-8-11(6-7-15-13)16-9-10-2-4-12(17)5-3-10/h6-8,10,12,17H,2-5,9H2,1H3,(H,15,16). The Morgan fingerprint density at radius 1 is 1.47 bits per heavy atom. The lowest BCUT2D eigenvalue weighted by Gasteiger charge is -2.25. The summed E-state index contributed by atoms with van der Waals surface area (Å²) in [7, 11) is 1.34. The number of rotatable bonds is 4. The largest absolute Gasteiger partial charge is 0.464 e. The van der Waals surface area contributed by atoms with E-state index in [1.165, 1.54) is 7.11 Å². The molecule has 0 aromatic carbocycles. The first-order chi connectivity index (χ1) is 9.19. The van der Waals surface area contributed by atoms with E-state index >= 15 is 0 Å². The molecule has 1 aliphatic carbocycles. The Balaban J connectivity index is 1.87. The van der Waals surface area contributed by atoms with Crippen LogP contribution in [0.2, 0.25) is 0 Å². The van der Waals surface area contributed by atoms with Crippen molar-refractivity contribution in [1.82, 2.24) is 4.98 Å². The van der Waals surface area contributed by atoms with E-state index in [9.17, 15) is 9.90 Å². The lowest BCUT2D eigenvalue weighted by atomic mass is 9.87. The zero-order chi connectivity index (χ0) is 13.7. The van der Waals surface area contributed by atoms with Crippen LogP contribution in [0.5, 0.6) is 0 Å². The quantitative estimate of drug-likeness (QED) is 0.812. The normalized spacial score (nSPS) is 22.8. The van der Waals surface area contributed by atoms with E-state index in [1.807, 2.05) is 6.07 Å². The second kappa shape index (κ2) is 6.52. The van der Waals surface area contributed by atoms with Crippen LogP contribution in [0.3, 0.4) is 0 Å². The van der Waals surface area contributed by atoms with Gasteiger partial charge in [-0.2, -0.15) is 0 Å². The number of aliphatic hydroxyl groups excluding tert-OH is 1. The summed E-state index contributed by atoms with van der Waals surface area (Å²) in [5.74, 6) is 0.155. The number of hydrogen-bond donors (Lipinski definition) is 2. The molecule has 1 saturated carbocycles. The van der Waals surface area contributed by atoms with Gasteiger partial charge in [-0.1, -0.05) is 0 Å². The highest BCUT2D eigenvalue weighted by molar-refractivity contribution is 5.88. The van der Waals surface area contributed by atoms with Crippen molar-refractivity contribution in [2.75, 3.05) is 19.0 Å². The van der Waals surface area contributed by atoms with Crippen molar-refractivity contribution in [2.45, 2.75) is 31.8 Å². The molecule has 5 heteroatoms. The maximum atomic E-state index is 11.4. The third-order valence-corrected chi connectivity index (χ3v) is 3.57. The third kappa shape index (κ3) is 3.92. The van der Waals surface area contributed by atoms with Gasteiger partial charge in [0.2, 0.25) is 0 Å². The van der Waals surface area contributed by atoms with Crippen LogP contribution >= 0.6 is 0 Å². The van der Waals surface area contributed by atoms with Gasteiger partial charge in [-0.15, -0.1) is 0 Å². The van der Waals surface area contributed by atoms with Crippen molar-refractivity contribution >= 4 is 11.7 Å². The molecule has 1 aromatic heterocycles. The molecule has 5 nitrogen and oxygen atoms in total. The van der Waals surface area contributed by atoms with Crippen LogP contribution in [0.15, 0.2) is 18.3 Å². The number of carbonyl (C=O) groups excluding carboxylic acids is 1. The number of hydrogen-bond acceptors (Lipinski definition) is 5. The zero-order valence-corrected chi connectivity index (χ0v) is 11.1. The maximum Gasteiger partial charge on any atom is 0.356 e. The number of ether oxygens (including phenoxy) is 1. The number of carbonyl (C=O) groups is 1. The molecule has 1 heterocycles. The van der Waals surface area contributed by atoms with Crippen LogP contribution in [0.25, 0.3) is 0 Å². The summed E-state index contributed by atoms with van der Waals surface area (Å²) in [6.07, 6.45) is 5.33. The number of nitrogens with one attached hydrogen (secondary N) is 1. The van der Waals surface area contributed by atoms with Crippen molar-refractivity contribution in [3.63, 3.8) is 0 Å². The molecule has 0 unspecified atom stereocenters. The van der Waals surface area contributed by atoms with Gasteiger partial charge in [-0.25, -0.2) is 9.78 Å². The predicted octanol–water partition coefficient (Wildman–Crippen LogP) is 1.83. The smallest absolute Gasteiger partial charge is 0.356 e. The van der Waals surface area contributed by atoms with Gasteiger partial charge in [-0.3, -0.25) is 0 Å². The summed E-state index contributed by atoms with van der Waals surface area (Å²) in [6.45, 7) is 0.858. The molecule has 1 aliphatic rings. The third-order valence-electron chi connectivity index (χ3n) is 3.57. The Bertz CT molecular complexity index is 428. The van der Waals surface area contributed by atoms with Crippen LogP contribution in [-0.2, 0) is 4.74 Å². The average molecular weight is 264 g/mol. The monoisotopic (exact) mass is 264 g/mol. The van der Waals surface area contributed by atoms with Gasteiger partial charge in [0.1, 0.15) is 5.69 Å². The summed E-state index contributed by atoms with van der Waals surface area (Å²) in [6, 6.07) is 3.54. The van der Waals surface area contributed by atoms with Crippen molar-refractivity contribution in [3.05, 3.63) is 24.0 Å². The van der Waals surface area contributed by atoms with Crippen LogP contribution < -0.4 is 5.32 Å². The van der Waals surface area contributed by atoms with Crippen molar-refractivity contribution in [2.24, 2.45) is 5.92 Å². The van der Waals surface area contributed by atoms with Gasteiger partial charge in [0, 0.05) is 18.4 Å². The molecule has 0 amide bonds. The van der Waals surface area contributed by atoms with Gasteiger partial charge < -0.3 is 15.2 Å². The molecule has 0 bridgehead atoms. The minimum Gasteiger partial charge on any atom is -0.464 e. The van der Waals surface area contributed by atoms with E-state index in [1.54, 1.807) is 12.3 Å². The van der Waals surface area contributed by atoms with Crippen molar-refractivity contribution in [3.8, 4) is 0 Å². The Hall–Kier alpha value is -1.62. The van der Waals surface area contributed by atoms with Crippen molar-refractivity contribution < 1.29 is 14.6 Å². The van der Waals surface area contributed by atoms with Gasteiger partial charge >= 0.3 is 5.97 Å². The van der Waals surface area contributed by atoms with E-state index in [2.05, 4.69) is 15.0 Å². The average Bonchev–Trinajstić information content (AvgIpc) is 2.46. The van der Waals surface area contributed by atoms with Crippen LogP contribution in [0.1, 0.15) is 36.2 Å². The van der Waals surface area contributed by atoms with Gasteiger partial charge in [0.15, 0.2) is 0 Å². The predicted molar refractivity (Wildman–Crippen MR) is 72.0 cm³/mol. The van der Waals surface area contributed by atoms with Crippen LogP contribution in [0, 0.1) is 5.92 Å². The second-order valence-corrected chi connectivity index (χ2v) is 4.98. The zero-order valence-electron chi connectivity index (χ0n) is 11.1. The van der Waals surface area contributed by atoms with E-state index < -0.39 is 5.97 Å². The molecule has 0 saturated heterocycles.